The SMILES string of the molecule is C=C(C)OC(=O)N1C(=O)CC[C@H]1C(=O)O. The third-order valence-corrected chi connectivity index (χ3v) is 1.96. The Labute approximate surface area is 86.1 Å². The van der Waals surface area contributed by atoms with Crippen molar-refractivity contribution in [1.29, 1.82) is 0 Å². The van der Waals surface area contributed by atoms with Crippen molar-refractivity contribution in [2.24, 2.45) is 0 Å². The summed E-state index contributed by atoms with van der Waals surface area (Å²) in [5.74, 6) is -1.63. The molecule has 15 heavy (non-hydrogen) atoms. The number of ether oxygens (including phenoxy) is 1. The average Bonchev–Trinajstić information content (AvgIpc) is 2.45. The van der Waals surface area contributed by atoms with Gasteiger partial charge in [-0.15, -0.1) is 0 Å². The van der Waals surface area contributed by atoms with E-state index in [-0.39, 0.29) is 18.6 Å². The maximum absolute atomic E-state index is 11.3. The molecule has 0 aromatic rings. The van der Waals surface area contributed by atoms with Crippen molar-refractivity contribution in [3.8, 4) is 0 Å². The number of nitrogens with zero attached hydrogens (tertiary/aromatic N) is 1. The fourth-order valence-corrected chi connectivity index (χ4v) is 1.34. The number of carboxylic acid groups (broad SMARTS) is 1. The van der Waals surface area contributed by atoms with Crippen LogP contribution in [0.25, 0.3) is 0 Å². The Bertz CT molecular complexity index is 335. The lowest BCUT2D eigenvalue weighted by atomic mass is 10.2. The van der Waals surface area contributed by atoms with Crippen LogP contribution in [-0.4, -0.2) is 34.0 Å². The number of carboxylic acids is 1. The highest BCUT2D eigenvalue weighted by Gasteiger charge is 2.41. The van der Waals surface area contributed by atoms with Gasteiger partial charge in [-0.1, -0.05) is 6.58 Å². The van der Waals surface area contributed by atoms with E-state index in [0.717, 1.165) is 0 Å². The Kier molecular flexibility index (Phi) is 3.08. The average molecular weight is 213 g/mol. The molecule has 1 saturated heterocycles. The van der Waals surface area contributed by atoms with Crippen molar-refractivity contribution in [3.05, 3.63) is 12.3 Å². The maximum Gasteiger partial charge on any atom is 0.422 e. The van der Waals surface area contributed by atoms with Gasteiger partial charge in [0.1, 0.15) is 6.04 Å². The van der Waals surface area contributed by atoms with E-state index in [9.17, 15) is 14.4 Å². The van der Waals surface area contributed by atoms with Gasteiger partial charge >= 0.3 is 12.1 Å². The summed E-state index contributed by atoms with van der Waals surface area (Å²) in [6, 6.07) is -1.12. The Morgan fingerprint density at radius 1 is 1.60 bits per heavy atom. The Hall–Kier alpha value is -1.85. The minimum atomic E-state index is -1.21. The summed E-state index contributed by atoms with van der Waals surface area (Å²) in [7, 11) is 0. The second kappa shape index (κ2) is 4.12. The smallest absolute Gasteiger partial charge is 0.422 e. The zero-order valence-corrected chi connectivity index (χ0v) is 8.23. The molecule has 0 bridgehead atoms. The first-order valence-electron chi connectivity index (χ1n) is 4.35. The molecule has 0 radical (unpaired) electrons. The second-order valence-electron chi connectivity index (χ2n) is 3.23. The number of aliphatic carboxylic acids is 1. The molecule has 1 aliphatic rings. The number of carbonyl (C=O) groups is 3. The summed E-state index contributed by atoms with van der Waals surface area (Å²) in [4.78, 5) is 33.9. The van der Waals surface area contributed by atoms with Crippen LogP contribution in [0.5, 0.6) is 0 Å². The molecule has 0 aromatic heterocycles. The van der Waals surface area contributed by atoms with E-state index in [1.807, 2.05) is 0 Å². The number of rotatable bonds is 2. The van der Waals surface area contributed by atoms with Gasteiger partial charge in [0.25, 0.3) is 0 Å². The highest BCUT2D eigenvalue weighted by molar-refractivity contribution is 5.99. The monoisotopic (exact) mass is 213 g/mol. The van der Waals surface area contributed by atoms with Crippen LogP contribution in [0, 0.1) is 0 Å². The summed E-state index contributed by atoms with van der Waals surface area (Å²) < 4.78 is 4.59. The van der Waals surface area contributed by atoms with Crippen LogP contribution in [0.4, 0.5) is 4.79 Å². The van der Waals surface area contributed by atoms with Gasteiger partial charge in [0.15, 0.2) is 0 Å². The number of carbonyl (C=O) groups excluding carboxylic acids is 2. The fraction of sp³-hybridized carbons (Fsp3) is 0.444. The molecule has 1 aliphatic heterocycles. The van der Waals surface area contributed by atoms with Gasteiger partial charge in [0.05, 0.1) is 5.76 Å². The number of allylic oxidation sites excluding steroid dienone is 1. The molecular weight excluding hydrogens is 202 g/mol. The first kappa shape index (κ1) is 11.2. The molecule has 0 aliphatic carbocycles. The molecule has 1 heterocycles. The predicted octanol–water partition coefficient (Wildman–Crippen LogP) is 0.732. The lowest BCUT2D eigenvalue weighted by Gasteiger charge is -2.18. The van der Waals surface area contributed by atoms with Crippen LogP contribution < -0.4 is 0 Å². The summed E-state index contributed by atoms with van der Waals surface area (Å²) in [6.45, 7) is 4.77. The third-order valence-electron chi connectivity index (χ3n) is 1.96. The highest BCUT2D eigenvalue weighted by Crippen LogP contribution is 2.20. The largest absolute Gasteiger partial charge is 0.480 e. The Morgan fingerprint density at radius 2 is 2.20 bits per heavy atom. The molecule has 2 amide bonds. The lowest BCUT2D eigenvalue weighted by Crippen LogP contribution is -2.42. The van der Waals surface area contributed by atoms with E-state index in [0.29, 0.717) is 4.90 Å². The molecule has 0 spiro atoms. The van der Waals surface area contributed by atoms with Crippen molar-refractivity contribution in [3.63, 3.8) is 0 Å². The normalized spacial score (nSPS) is 20.2. The topological polar surface area (TPSA) is 83.9 Å². The number of amides is 2. The number of likely N-dealkylation sites (tertiary alicyclic amines) is 1. The standard InChI is InChI=1S/C9H11NO5/c1-5(2)15-9(14)10-6(8(12)13)3-4-7(10)11/h6H,1,3-4H2,2H3,(H,12,13)/t6-/m0/s1. The summed E-state index contributed by atoms with van der Waals surface area (Å²) in [5.41, 5.74) is 0. The van der Waals surface area contributed by atoms with E-state index in [4.69, 9.17) is 5.11 Å². The molecule has 1 fully saturated rings. The molecule has 1 rings (SSSR count). The van der Waals surface area contributed by atoms with Gasteiger partial charge in [0, 0.05) is 6.42 Å². The molecule has 0 aromatic carbocycles. The van der Waals surface area contributed by atoms with E-state index in [1.54, 1.807) is 0 Å². The summed E-state index contributed by atoms with van der Waals surface area (Å²) in [6.07, 6.45) is -0.806. The Morgan fingerprint density at radius 3 is 2.67 bits per heavy atom. The van der Waals surface area contributed by atoms with E-state index in [2.05, 4.69) is 11.3 Å². The van der Waals surface area contributed by atoms with E-state index < -0.39 is 24.0 Å². The molecule has 1 atom stereocenters. The van der Waals surface area contributed by atoms with Gasteiger partial charge in [0.2, 0.25) is 5.91 Å². The van der Waals surface area contributed by atoms with Crippen LogP contribution >= 0.6 is 0 Å². The maximum atomic E-state index is 11.3. The third kappa shape index (κ3) is 2.34. The molecule has 0 saturated carbocycles. The number of hydrogen-bond acceptors (Lipinski definition) is 4. The number of imide groups is 1. The predicted molar refractivity (Wildman–Crippen MR) is 48.8 cm³/mol. The van der Waals surface area contributed by atoms with Gasteiger partial charge in [-0.05, 0) is 13.3 Å². The van der Waals surface area contributed by atoms with E-state index >= 15 is 0 Å². The minimum absolute atomic E-state index is 0.0439. The van der Waals surface area contributed by atoms with Gasteiger partial charge in [-0.3, -0.25) is 4.79 Å². The van der Waals surface area contributed by atoms with Crippen LogP contribution in [-0.2, 0) is 14.3 Å². The zero-order chi connectivity index (χ0) is 11.6. The van der Waals surface area contributed by atoms with Crippen molar-refractivity contribution in [1.82, 2.24) is 4.90 Å². The van der Waals surface area contributed by atoms with Crippen molar-refractivity contribution >= 4 is 18.0 Å². The molecule has 6 heteroatoms. The molecule has 0 unspecified atom stereocenters. The molecule has 82 valence electrons. The van der Waals surface area contributed by atoms with Gasteiger partial charge in [-0.25, -0.2) is 14.5 Å². The molecular formula is C9H11NO5. The molecule has 6 nitrogen and oxygen atoms in total. The van der Waals surface area contributed by atoms with Crippen LogP contribution in [0.3, 0.4) is 0 Å². The van der Waals surface area contributed by atoms with Crippen LogP contribution in [0.15, 0.2) is 12.3 Å². The van der Waals surface area contributed by atoms with Crippen molar-refractivity contribution in [2.75, 3.05) is 0 Å². The second-order valence-corrected chi connectivity index (χ2v) is 3.23. The van der Waals surface area contributed by atoms with Crippen molar-refractivity contribution < 1.29 is 24.2 Å². The van der Waals surface area contributed by atoms with Gasteiger partial charge < -0.3 is 9.84 Å². The van der Waals surface area contributed by atoms with Crippen LogP contribution in [0.2, 0.25) is 0 Å². The number of hydrogen-bond donors (Lipinski definition) is 1. The van der Waals surface area contributed by atoms with Crippen LogP contribution in [0.1, 0.15) is 19.8 Å². The first-order valence-corrected chi connectivity index (χ1v) is 4.35. The van der Waals surface area contributed by atoms with Crippen molar-refractivity contribution in [2.45, 2.75) is 25.8 Å². The summed E-state index contributed by atoms with van der Waals surface area (Å²) in [5, 5.41) is 8.76. The first-order chi connectivity index (χ1) is 6.93. The highest BCUT2D eigenvalue weighted by atomic mass is 16.6. The quantitative estimate of drug-likeness (QED) is 0.683. The van der Waals surface area contributed by atoms with Gasteiger partial charge in [-0.2, -0.15) is 0 Å². The lowest BCUT2D eigenvalue weighted by molar-refractivity contribution is -0.144. The summed E-state index contributed by atoms with van der Waals surface area (Å²) >= 11 is 0. The van der Waals surface area contributed by atoms with E-state index in [1.165, 1.54) is 6.92 Å². The Balaban J connectivity index is 2.80. The minimum Gasteiger partial charge on any atom is -0.480 e. The molecule has 1 N–H and O–H groups in total. The zero-order valence-electron chi connectivity index (χ0n) is 8.23. The fourth-order valence-electron chi connectivity index (χ4n) is 1.34.